The lowest BCUT2D eigenvalue weighted by atomic mass is 9.98. The van der Waals surface area contributed by atoms with Gasteiger partial charge in [0.05, 0.1) is 10.0 Å². The normalized spacial score (nSPS) is 14.2. The van der Waals surface area contributed by atoms with Crippen molar-refractivity contribution < 1.29 is 9.47 Å². The maximum Gasteiger partial charge on any atom is 0.231 e. The maximum atomic E-state index is 6.07. The van der Waals surface area contributed by atoms with E-state index >= 15 is 0 Å². The molecule has 0 aliphatic carbocycles. The van der Waals surface area contributed by atoms with Crippen molar-refractivity contribution in [2.75, 3.05) is 13.8 Å². The van der Waals surface area contributed by atoms with Crippen LogP contribution in [0, 0.1) is 0 Å². The fourth-order valence-corrected chi connectivity index (χ4v) is 2.74. The Kier molecular flexibility index (Phi) is 4.24. The van der Waals surface area contributed by atoms with Crippen LogP contribution < -0.4 is 14.8 Å². The number of fused-ring (bicyclic) bond motifs is 1. The summed E-state index contributed by atoms with van der Waals surface area (Å²) in [5.74, 6) is 1.59. The zero-order valence-electron chi connectivity index (χ0n) is 11.5. The van der Waals surface area contributed by atoms with Crippen molar-refractivity contribution in [1.29, 1.82) is 0 Å². The summed E-state index contributed by atoms with van der Waals surface area (Å²) in [7, 11) is 1.94. The highest BCUT2D eigenvalue weighted by Gasteiger charge is 2.17. The number of rotatable bonds is 4. The van der Waals surface area contributed by atoms with E-state index in [2.05, 4.69) is 5.32 Å². The fraction of sp³-hybridized carbons (Fsp3) is 0.250. The highest BCUT2D eigenvalue weighted by molar-refractivity contribution is 6.42. The summed E-state index contributed by atoms with van der Waals surface area (Å²) >= 11 is 12.0. The molecule has 3 rings (SSSR count). The Balaban J connectivity index is 1.83. The molecule has 21 heavy (non-hydrogen) atoms. The largest absolute Gasteiger partial charge is 0.454 e. The van der Waals surface area contributed by atoms with Crippen LogP contribution in [0.3, 0.4) is 0 Å². The second-order valence-corrected chi connectivity index (χ2v) is 5.72. The predicted octanol–water partition coefficient (Wildman–Crippen LogP) is 4.23. The van der Waals surface area contributed by atoms with Crippen LogP contribution in [0.1, 0.15) is 17.2 Å². The van der Waals surface area contributed by atoms with E-state index in [1.807, 2.05) is 43.4 Å². The molecule has 1 atom stereocenters. The number of benzene rings is 2. The molecule has 3 nitrogen and oxygen atoms in total. The summed E-state index contributed by atoms with van der Waals surface area (Å²) in [4.78, 5) is 0. The van der Waals surface area contributed by atoms with Gasteiger partial charge in [-0.1, -0.05) is 35.3 Å². The zero-order chi connectivity index (χ0) is 14.8. The van der Waals surface area contributed by atoms with E-state index in [1.165, 1.54) is 0 Å². The topological polar surface area (TPSA) is 30.5 Å². The number of hydrogen-bond donors (Lipinski definition) is 1. The fourth-order valence-electron chi connectivity index (χ4n) is 2.42. The molecule has 1 unspecified atom stereocenters. The van der Waals surface area contributed by atoms with Gasteiger partial charge in [-0.05, 0) is 48.9 Å². The Morgan fingerprint density at radius 3 is 2.62 bits per heavy atom. The molecule has 5 heteroatoms. The van der Waals surface area contributed by atoms with Crippen LogP contribution in [0.5, 0.6) is 11.5 Å². The van der Waals surface area contributed by atoms with Crippen molar-refractivity contribution in [3.8, 4) is 11.5 Å². The highest BCUT2D eigenvalue weighted by atomic mass is 35.5. The second kappa shape index (κ2) is 6.14. The second-order valence-electron chi connectivity index (χ2n) is 4.91. The number of hydrogen-bond acceptors (Lipinski definition) is 3. The molecule has 110 valence electrons. The van der Waals surface area contributed by atoms with Crippen molar-refractivity contribution in [1.82, 2.24) is 5.32 Å². The molecule has 0 amide bonds. The van der Waals surface area contributed by atoms with Crippen LogP contribution in [-0.4, -0.2) is 13.8 Å². The summed E-state index contributed by atoms with van der Waals surface area (Å²) in [6.45, 7) is 0.287. The maximum absolute atomic E-state index is 6.07. The lowest BCUT2D eigenvalue weighted by Crippen LogP contribution is -2.18. The lowest BCUT2D eigenvalue weighted by Gasteiger charge is -2.17. The molecule has 0 radical (unpaired) electrons. The van der Waals surface area contributed by atoms with Gasteiger partial charge in [0, 0.05) is 6.04 Å². The lowest BCUT2D eigenvalue weighted by molar-refractivity contribution is 0.174. The SMILES string of the molecule is CNC(Cc1ccc(Cl)c(Cl)c1)c1ccc2c(c1)OCO2. The monoisotopic (exact) mass is 323 g/mol. The van der Waals surface area contributed by atoms with Gasteiger partial charge in [0.25, 0.3) is 0 Å². The average Bonchev–Trinajstić information content (AvgIpc) is 2.95. The van der Waals surface area contributed by atoms with E-state index in [4.69, 9.17) is 32.7 Å². The predicted molar refractivity (Wildman–Crippen MR) is 84.5 cm³/mol. The van der Waals surface area contributed by atoms with Gasteiger partial charge < -0.3 is 14.8 Å². The van der Waals surface area contributed by atoms with Crippen LogP contribution in [0.2, 0.25) is 10.0 Å². The van der Waals surface area contributed by atoms with Crippen molar-refractivity contribution in [3.05, 3.63) is 57.6 Å². The third-order valence-corrected chi connectivity index (χ3v) is 4.31. The summed E-state index contributed by atoms with van der Waals surface area (Å²) < 4.78 is 10.8. The molecule has 0 aromatic heterocycles. The van der Waals surface area contributed by atoms with Gasteiger partial charge in [-0.3, -0.25) is 0 Å². The molecule has 0 saturated carbocycles. The van der Waals surface area contributed by atoms with E-state index < -0.39 is 0 Å². The van der Waals surface area contributed by atoms with E-state index in [0.29, 0.717) is 10.0 Å². The molecule has 2 aromatic carbocycles. The Bertz CT molecular complexity index is 661. The van der Waals surface area contributed by atoms with Crippen molar-refractivity contribution >= 4 is 23.2 Å². The van der Waals surface area contributed by atoms with Crippen LogP contribution in [-0.2, 0) is 6.42 Å². The number of nitrogens with one attached hydrogen (secondary N) is 1. The first kappa shape index (κ1) is 14.5. The van der Waals surface area contributed by atoms with Gasteiger partial charge >= 0.3 is 0 Å². The number of ether oxygens (including phenoxy) is 2. The van der Waals surface area contributed by atoms with E-state index in [9.17, 15) is 0 Å². The first-order chi connectivity index (χ1) is 10.2. The Hall–Kier alpha value is -1.42. The quantitative estimate of drug-likeness (QED) is 0.913. The highest BCUT2D eigenvalue weighted by Crippen LogP contribution is 2.35. The molecule has 1 heterocycles. The summed E-state index contributed by atoms with van der Waals surface area (Å²) in [6, 6.07) is 11.9. The first-order valence-corrected chi connectivity index (χ1v) is 7.43. The number of likely N-dealkylation sites (N-methyl/N-ethyl adjacent to an activating group) is 1. The third kappa shape index (κ3) is 3.10. The van der Waals surface area contributed by atoms with E-state index in [1.54, 1.807) is 0 Å². The molecule has 0 fully saturated rings. The van der Waals surface area contributed by atoms with Crippen molar-refractivity contribution in [2.24, 2.45) is 0 Å². The van der Waals surface area contributed by atoms with Gasteiger partial charge in [-0.25, -0.2) is 0 Å². The average molecular weight is 324 g/mol. The third-order valence-electron chi connectivity index (χ3n) is 3.57. The minimum atomic E-state index is 0.164. The van der Waals surface area contributed by atoms with Gasteiger partial charge in [-0.2, -0.15) is 0 Å². The summed E-state index contributed by atoms with van der Waals surface area (Å²) in [6.07, 6.45) is 0.813. The molecular formula is C16H15Cl2NO2. The number of halogens is 2. The molecule has 1 aliphatic rings. The van der Waals surface area contributed by atoms with Gasteiger partial charge in [0.1, 0.15) is 0 Å². The Morgan fingerprint density at radius 2 is 1.86 bits per heavy atom. The van der Waals surface area contributed by atoms with Crippen molar-refractivity contribution in [3.63, 3.8) is 0 Å². The molecular weight excluding hydrogens is 309 g/mol. The smallest absolute Gasteiger partial charge is 0.231 e. The molecule has 0 spiro atoms. The summed E-state index contributed by atoms with van der Waals surface area (Å²) in [5.41, 5.74) is 2.27. The molecule has 1 N–H and O–H groups in total. The Morgan fingerprint density at radius 1 is 1.05 bits per heavy atom. The van der Waals surface area contributed by atoms with Gasteiger partial charge in [-0.15, -0.1) is 0 Å². The van der Waals surface area contributed by atoms with E-state index in [-0.39, 0.29) is 12.8 Å². The molecule has 0 saturated heterocycles. The first-order valence-electron chi connectivity index (χ1n) is 6.68. The zero-order valence-corrected chi connectivity index (χ0v) is 13.0. The van der Waals surface area contributed by atoms with Gasteiger partial charge in [0.2, 0.25) is 6.79 Å². The minimum absolute atomic E-state index is 0.164. The Labute approximate surface area is 133 Å². The van der Waals surface area contributed by atoms with Gasteiger partial charge in [0.15, 0.2) is 11.5 Å². The molecule has 0 bridgehead atoms. The van der Waals surface area contributed by atoms with Crippen molar-refractivity contribution in [2.45, 2.75) is 12.5 Å². The molecule has 1 aliphatic heterocycles. The van der Waals surface area contributed by atoms with E-state index in [0.717, 1.165) is 29.0 Å². The van der Waals surface area contributed by atoms with Crippen LogP contribution in [0.4, 0.5) is 0 Å². The summed E-state index contributed by atoms with van der Waals surface area (Å²) in [5, 5.41) is 4.47. The van der Waals surface area contributed by atoms with Crippen LogP contribution in [0.25, 0.3) is 0 Å². The van der Waals surface area contributed by atoms with Crippen LogP contribution in [0.15, 0.2) is 36.4 Å². The molecule has 2 aromatic rings. The minimum Gasteiger partial charge on any atom is -0.454 e. The van der Waals surface area contributed by atoms with Crippen LogP contribution >= 0.6 is 23.2 Å². The standard InChI is InChI=1S/C16H15Cl2NO2/c1-19-14(7-10-2-4-12(17)13(18)6-10)11-3-5-15-16(8-11)21-9-20-15/h2-6,8,14,19H,7,9H2,1H3.